The molecule has 0 bridgehead atoms. The molecule has 0 saturated carbocycles. The molecule has 0 heterocycles. The van der Waals surface area contributed by atoms with E-state index >= 15 is 0 Å². The highest BCUT2D eigenvalue weighted by Gasteiger charge is 2.19. The van der Waals surface area contributed by atoms with Gasteiger partial charge in [-0.2, -0.15) is 0 Å². The van der Waals surface area contributed by atoms with Gasteiger partial charge < -0.3 is 15.8 Å². The summed E-state index contributed by atoms with van der Waals surface area (Å²) in [5, 5.41) is 2.59. The van der Waals surface area contributed by atoms with Crippen molar-refractivity contribution >= 4 is 21.4 Å². The second-order valence-electron chi connectivity index (χ2n) is 4.39. The molecule has 6 nitrogen and oxygen atoms in total. The minimum atomic E-state index is -3.15. The third-order valence-electron chi connectivity index (χ3n) is 2.44. The van der Waals surface area contributed by atoms with E-state index < -0.39 is 21.8 Å². The van der Waals surface area contributed by atoms with E-state index in [1.807, 2.05) is 0 Å². The summed E-state index contributed by atoms with van der Waals surface area (Å²) in [6, 6.07) is 4.36. The minimum absolute atomic E-state index is 0.131. The van der Waals surface area contributed by atoms with E-state index in [1.165, 1.54) is 7.11 Å². The van der Waals surface area contributed by atoms with Gasteiger partial charge in [-0.1, -0.05) is 6.07 Å². The summed E-state index contributed by atoms with van der Waals surface area (Å²) >= 11 is 0. The summed E-state index contributed by atoms with van der Waals surface area (Å²) in [5.74, 6) is -0.233. The van der Waals surface area contributed by atoms with Crippen molar-refractivity contribution in [1.82, 2.24) is 5.32 Å². The average molecular weight is 286 g/mol. The summed E-state index contributed by atoms with van der Waals surface area (Å²) in [7, 11) is -1.72. The zero-order valence-corrected chi connectivity index (χ0v) is 12.0. The first-order chi connectivity index (χ1) is 8.74. The van der Waals surface area contributed by atoms with Crippen LogP contribution in [-0.4, -0.2) is 39.5 Å². The van der Waals surface area contributed by atoms with Gasteiger partial charge in [-0.05, 0) is 19.1 Å². The number of amides is 1. The van der Waals surface area contributed by atoms with E-state index in [0.717, 1.165) is 6.26 Å². The predicted molar refractivity (Wildman–Crippen MR) is 74.0 cm³/mol. The maximum absolute atomic E-state index is 12.1. The lowest BCUT2D eigenvalue weighted by atomic mass is 10.1. The standard InChI is InChI=1S/C12H18N2O4S/c1-8(7-19(3,16)17)14-12(15)11-9(13)5-4-6-10(11)18-2/h4-6,8H,7,13H2,1-3H3,(H,14,15). The Morgan fingerprint density at radius 2 is 2.11 bits per heavy atom. The van der Waals surface area contributed by atoms with Crippen molar-refractivity contribution in [3.63, 3.8) is 0 Å². The van der Waals surface area contributed by atoms with Crippen LogP contribution in [0.3, 0.4) is 0 Å². The topological polar surface area (TPSA) is 98.5 Å². The maximum Gasteiger partial charge on any atom is 0.257 e. The third kappa shape index (κ3) is 4.44. The van der Waals surface area contributed by atoms with Gasteiger partial charge in [-0.3, -0.25) is 4.79 Å². The Kier molecular flexibility index (Phi) is 4.77. The smallest absolute Gasteiger partial charge is 0.257 e. The number of hydrogen-bond acceptors (Lipinski definition) is 5. The van der Waals surface area contributed by atoms with Gasteiger partial charge in [0.2, 0.25) is 0 Å². The van der Waals surface area contributed by atoms with Crippen LogP contribution in [0, 0.1) is 0 Å². The maximum atomic E-state index is 12.1. The predicted octanol–water partition coefficient (Wildman–Crippen LogP) is 0.440. The first-order valence-electron chi connectivity index (χ1n) is 5.65. The largest absolute Gasteiger partial charge is 0.496 e. The molecule has 0 spiro atoms. The van der Waals surface area contributed by atoms with Crippen LogP contribution in [0.5, 0.6) is 5.75 Å². The molecular weight excluding hydrogens is 268 g/mol. The van der Waals surface area contributed by atoms with E-state index in [0.29, 0.717) is 5.75 Å². The van der Waals surface area contributed by atoms with E-state index in [2.05, 4.69) is 5.32 Å². The highest BCUT2D eigenvalue weighted by atomic mass is 32.2. The summed E-state index contributed by atoms with van der Waals surface area (Å²) in [4.78, 5) is 12.1. The van der Waals surface area contributed by atoms with Crippen molar-refractivity contribution in [2.45, 2.75) is 13.0 Å². The van der Waals surface area contributed by atoms with Crippen LogP contribution in [-0.2, 0) is 9.84 Å². The molecule has 0 aromatic heterocycles. The first kappa shape index (κ1) is 15.3. The molecule has 7 heteroatoms. The average Bonchev–Trinajstić information content (AvgIpc) is 2.25. The molecule has 1 amide bonds. The first-order valence-corrected chi connectivity index (χ1v) is 7.71. The molecule has 1 rings (SSSR count). The molecule has 0 aliphatic heterocycles. The fourth-order valence-electron chi connectivity index (χ4n) is 1.75. The normalized spacial score (nSPS) is 12.8. The number of carbonyl (C=O) groups is 1. The number of benzene rings is 1. The summed E-state index contributed by atoms with van der Waals surface area (Å²) in [6.07, 6.45) is 1.12. The number of ether oxygens (including phenoxy) is 1. The Morgan fingerprint density at radius 3 is 2.63 bits per heavy atom. The van der Waals surface area contributed by atoms with Gasteiger partial charge in [0.1, 0.15) is 21.2 Å². The molecule has 1 unspecified atom stereocenters. The van der Waals surface area contributed by atoms with Gasteiger partial charge in [0.05, 0.1) is 12.9 Å². The number of hydrogen-bond donors (Lipinski definition) is 2. The lowest BCUT2D eigenvalue weighted by Gasteiger charge is -2.15. The van der Waals surface area contributed by atoms with Crippen LogP contribution >= 0.6 is 0 Å². The molecule has 1 atom stereocenters. The molecular formula is C12H18N2O4S. The van der Waals surface area contributed by atoms with E-state index in [9.17, 15) is 13.2 Å². The number of nitrogens with one attached hydrogen (secondary N) is 1. The lowest BCUT2D eigenvalue weighted by molar-refractivity contribution is 0.0941. The van der Waals surface area contributed by atoms with Gasteiger partial charge >= 0.3 is 0 Å². The van der Waals surface area contributed by atoms with E-state index in [1.54, 1.807) is 25.1 Å². The molecule has 0 saturated heterocycles. The summed E-state index contributed by atoms with van der Waals surface area (Å²) in [5.41, 5.74) is 6.24. The second kappa shape index (κ2) is 5.92. The van der Waals surface area contributed by atoms with E-state index in [-0.39, 0.29) is 17.0 Å². The molecule has 19 heavy (non-hydrogen) atoms. The van der Waals surface area contributed by atoms with Gasteiger partial charge in [0.15, 0.2) is 0 Å². The molecule has 1 aromatic carbocycles. The summed E-state index contributed by atoms with van der Waals surface area (Å²) in [6.45, 7) is 1.62. The van der Waals surface area contributed by atoms with Gasteiger partial charge in [0.25, 0.3) is 5.91 Å². The quantitative estimate of drug-likeness (QED) is 0.765. The minimum Gasteiger partial charge on any atom is -0.496 e. The highest BCUT2D eigenvalue weighted by Crippen LogP contribution is 2.23. The van der Waals surface area contributed by atoms with Crippen LogP contribution in [0.1, 0.15) is 17.3 Å². The van der Waals surface area contributed by atoms with Gasteiger partial charge in [-0.25, -0.2) is 8.42 Å². The van der Waals surface area contributed by atoms with Crippen LogP contribution in [0.25, 0.3) is 0 Å². The zero-order valence-electron chi connectivity index (χ0n) is 11.1. The molecule has 3 N–H and O–H groups in total. The molecule has 0 radical (unpaired) electrons. The number of methoxy groups -OCH3 is 1. The Hall–Kier alpha value is -1.76. The SMILES string of the molecule is COc1cccc(N)c1C(=O)NC(C)CS(C)(=O)=O. The second-order valence-corrected chi connectivity index (χ2v) is 6.58. The fraction of sp³-hybridized carbons (Fsp3) is 0.417. The molecule has 0 aliphatic rings. The number of carbonyl (C=O) groups excluding carboxylic acids is 1. The molecule has 0 aliphatic carbocycles. The number of rotatable bonds is 5. The number of nitrogen functional groups attached to an aromatic ring is 1. The van der Waals surface area contributed by atoms with Crippen LogP contribution in [0.15, 0.2) is 18.2 Å². The van der Waals surface area contributed by atoms with Crippen LogP contribution in [0.4, 0.5) is 5.69 Å². The Morgan fingerprint density at radius 1 is 1.47 bits per heavy atom. The number of anilines is 1. The van der Waals surface area contributed by atoms with Crippen molar-refractivity contribution in [3.8, 4) is 5.75 Å². The van der Waals surface area contributed by atoms with Crippen LogP contribution in [0.2, 0.25) is 0 Å². The van der Waals surface area contributed by atoms with Crippen molar-refractivity contribution in [1.29, 1.82) is 0 Å². The Bertz CT molecular complexity index is 569. The van der Waals surface area contributed by atoms with Crippen molar-refractivity contribution in [2.75, 3.05) is 24.9 Å². The van der Waals surface area contributed by atoms with Crippen molar-refractivity contribution in [3.05, 3.63) is 23.8 Å². The highest BCUT2D eigenvalue weighted by molar-refractivity contribution is 7.90. The van der Waals surface area contributed by atoms with Gasteiger partial charge in [0, 0.05) is 18.0 Å². The van der Waals surface area contributed by atoms with E-state index in [4.69, 9.17) is 10.5 Å². The summed E-state index contributed by atoms with van der Waals surface area (Å²) < 4.78 is 27.4. The number of nitrogens with two attached hydrogens (primary N) is 1. The van der Waals surface area contributed by atoms with Gasteiger partial charge in [-0.15, -0.1) is 0 Å². The molecule has 0 fully saturated rings. The van der Waals surface area contributed by atoms with Crippen molar-refractivity contribution in [2.24, 2.45) is 0 Å². The Balaban J connectivity index is 2.90. The van der Waals surface area contributed by atoms with Crippen LogP contribution < -0.4 is 15.8 Å². The molecule has 106 valence electrons. The lowest BCUT2D eigenvalue weighted by Crippen LogP contribution is -2.37. The Labute approximate surface area is 112 Å². The van der Waals surface area contributed by atoms with Crippen molar-refractivity contribution < 1.29 is 17.9 Å². The number of sulfone groups is 1. The molecule has 1 aromatic rings. The third-order valence-corrected chi connectivity index (χ3v) is 3.54. The monoisotopic (exact) mass is 286 g/mol. The fourth-order valence-corrected chi connectivity index (χ4v) is 2.74. The zero-order chi connectivity index (χ0) is 14.6.